The average Bonchev–Trinajstić information content (AvgIpc) is 2.71. The molecule has 1 aromatic rings. The summed E-state index contributed by atoms with van der Waals surface area (Å²) in [7, 11) is 0. The van der Waals surface area contributed by atoms with Gasteiger partial charge in [-0.3, -0.25) is 4.90 Å². The summed E-state index contributed by atoms with van der Waals surface area (Å²) in [6.07, 6.45) is 13.2. The molecule has 0 aliphatic carbocycles. The van der Waals surface area contributed by atoms with Crippen LogP contribution >= 0.6 is 0 Å². The van der Waals surface area contributed by atoms with Crippen molar-refractivity contribution < 1.29 is 0 Å². The molecule has 23 heavy (non-hydrogen) atoms. The number of nitrogens with one attached hydrogen (secondary N) is 1. The molecule has 1 unspecified atom stereocenters. The molecule has 124 valence electrons. The zero-order chi connectivity index (χ0) is 16.1. The molecule has 2 aliphatic heterocycles. The third-order valence-corrected chi connectivity index (χ3v) is 5.31. The van der Waals surface area contributed by atoms with Gasteiger partial charge in [0.25, 0.3) is 0 Å². The summed E-state index contributed by atoms with van der Waals surface area (Å²) in [6, 6.07) is 8.73. The van der Waals surface area contributed by atoms with E-state index >= 15 is 0 Å². The molecule has 0 bridgehead atoms. The van der Waals surface area contributed by atoms with E-state index in [1.165, 1.54) is 30.5 Å². The van der Waals surface area contributed by atoms with Crippen LogP contribution in [-0.4, -0.2) is 30.1 Å². The van der Waals surface area contributed by atoms with E-state index in [4.69, 9.17) is 5.73 Å². The van der Waals surface area contributed by atoms with Crippen LogP contribution in [0.3, 0.4) is 0 Å². The number of para-hydroxylation sites is 1. The topological polar surface area (TPSA) is 41.3 Å². The minimum absolute atomic E-state index is 0.167. The van der Waals surface area contributed by atoms with E-state index in [9.17, 15) is 0 Å². The van der Waals surface area contributed by atoms with Crippen molar-refractivity contribution in [3.63, 3.8) is 0 Å². The van der Waals surface area contributed by atoms with Gasteiger partial charge in [-0.2, -0.15) is 0 Å². The number of anilines is 1. The van der Waals surface area contributed by atoms with Gasteiger partial charge in [-0.1, -0.05) is 42.5 Å². The van der Waals surface area contributed by atoms with E-state index in [-0.39, 0.29) is 11.6 Å². The average molecular weight is 311 g/mol. The Bertz CT molecular complexity index is 568. The first kappa shape index (κ1) is 16.3. The van der Waals surface area contributed by atoms with Crippen LogP contribution in [0.2, 0.25) is 0 Å². The third kappa shape index (κ3) is 3.85. The molecule has 3 rings (SSSR count). The smallest absolute Gasteiger partial charge is 0.0398 e. The van der Waals surface area contributed by atoms with Gasteiger partial charge >= 0.3 is 0 Å². The Morgan fingerprint density at radius 1 is 1.22 bits per heavy atom. The number of allylic oxidation sites excluding steroid dienone is 3. The second kappa shape index (κ2) is 7.33. The summed E-state index contributed by atoms with van der Waals surface area (Å²) in [5.41, 5.74) is 9.15. The second-order valence-electron chi connectivity index (χ2n) is 6.89. The molecule has 0 aromatic heterocycles. The molecule has 3 nitrogen and oxygen atoms in total. The second-order valence-corrected chi connectivity index (χ2v) is 6.89. The summed E-state index contributed by atoms with van der Waals surface area (Å²) in [6.45, 7) is 5.42. The molecule has 1 atom stereocenters. The molecule has 2 heterocycles. The van der Waals surface area contributed by atoms with Gasteiger partial charge in [0.2, 0.25) is 0 Å². The number of hydrogen-bond acceptors (Lipinski definition) is 3. The maximum atomic E-state index is 6.39. The number of benzene rings is 1. The van der Waals surface area contributed by atoms with Crippen LogP contribution in [0, 0.1) is 0 Å². The highest BCUT2D eigenvalue weighted by atomic mass is 15.2. The van der Waals surface area contributed by atoms with Gasteiger partial charge in [-0.25, -0.2) is 0 Å². The monoisotopic (exact) mass is 311 g/mol. The van der Waals surface area contributed by atoms with Gasteiger partial charge in [-0.05, 0) is 44.2 Å². The molecule has 1 spiro atoms. The third-order valence-electron chi connectivity index (χ3n) is 5.31. The Morgan fingerprint density at radius 2 is 2.00 bits per heavy atom. The molecule has 2 aliphatic rings. The molecule has 0 radical (unpaired) electrons. The quantitative estimate of drug-likeness (QED) is 0.833. The molecule has 0 amide bonds. The highest BCUT2D eigenvalue weighted by molar-refractivity contribution is 5.55. The van der Waals surface area contributed by atoms with E-state index in [0.29, 0.717) is 0 Å². The number of likely N-dealkylation sites (tertiary alicyclic amines) is 1. The van der Waals surface area contributed by atoms with E-state index in [1.807, 2.05) is 0 Å². The lowest BCUT2D eigenvalue weighted by atomic mass is 9.83. The Morgan fingerprint density at radius 3 is 2.78 bits per heavy atom. The Labute approximate surface area is 140 Å². The Kier molecular flexibility index (Phi) is 5.19. The molecule has 0 saturated carbocycles. The Hall–Kier alpha value is -1.58. The normalized spacial score (nSPS) is 24.7. The van der Waals surface area contributed by atoms with Crippen molar-refractivity contribution in [1.82, 2.24) is 4.90 Å². The fraction of sp³-hybridized carbons (Fsp3) is 0.500. The fourth-order valence-corrected chi connectivity index (χ4v) is 3.81. The number of nitrogens with two attached hydrogens (primary N) is 1. The summed E-state index contributed by atoms with van der Waals surface area (Å²) in [5.74, 6) is 0. The van der Waals surface area contributed by atoms with Gasteiger partial charge in [0.15, 0.2) is 0 Å². The van der Waals surface area contributed by atoms with Gasteiger partial charge in [0.1, 0.15) is 0 Å². The maximum absolute atomic E-state index is 6.39. The first-order chi connectivity index (χ1) is 11.2. The van der Waals surface area contributed by atoms with Crippen LogP contribution in [0.15, 0.2) is 48.6 Å². The number of hydrogen-bond donors (Lipinski definition) is 2. The van der Waals surface area contributed by atoms with Gasteiger partial charge in [-0.15, -0.1) is 0 Å². The Balaban J connectivity index is 1.64. The van der Waals surface area contributed by atoms with Crippen LogP contribution in [0.1, 0.15) is 44.2 Å². The lowest BCUT2D eigenvalue weighted by Crippen LogP contribution is -2.49. The van der Waals surface area contributed by atoms with E-state index < -0.39 is 0 Å². The lowest BCUT2D eigenvalue weighted by molar-refractivity contribution is 0.179. The predicted octanol–water partition coefficient (Wildman–Crippen LogP) is 3.86. The molecule has 1 aromatic carbocycles. The first-order valence-corrected chi connectivity index (χ1v) is 8.85. The molecule has 3 N–H and O–H groups in total. The van der Waals surface area contributed by atoms with Crippen molar-refractivity contribution in [2.45, 2.75) is 44.2 Å². The minimum Gasteiger partial charge on any atom is -0.379 e. The molecule has 3 heteroatoms. The van der Waals surface area contributed by atoms with E-state index in [1.54, 1.807) is 0 Å². The van der Waals surface area contributed by atoms with Crippen molar-refractivity contribution >= 4 is 5.69 Å². The molecular weight excluding hydrogens is 282 g/mol. The largest absolute Gasteiger partial charge is 0.379 e. The number of fused-ring (bicyclic) bond motifs is 1. The summed E-state index contributed by atoms with van der Waals surface area (Å²) >= 11 is 0. The number of nitrogens with zero attached hydrogens (tertiary/aromatic N) is 1. The lowest BCUT2D eigenvalue weighted by Gasteiger charge is -2.42. The number of piperidine rings is 1. The van der Waals surface area contributed by atoms with Crippen LogP contribution in [-0.2, 0) is 0 Å². The van der Waals surface area contributed by atoms with Crippen LogP contribution < -0.4 is 11.1 Å². The van der Waals surface area contributed by atoms with Gasteiger partial charge in [0, 0.05) is 36.9 Å². The standard InChI is InChI=1S/C20H29N3/c1-2-3-4-7-14-23-15-12-20(13-16-23)11-10-18(21)17-8-5-6-9-19(17)22-20/h2-9,18,22H,10-16,21H2,1H3/b3-2+,7-4+. The zero-order valence-corrected chi connectivity index (χ0v) is 14.2. The van der Waals surface area contributed by atoms with Gasteiger partial charge in [0.05, 0.1) is 0 Å². The fourth-order valence-electron chi connectivity index (χ4n) is 3.81. The predicted molar refractivity (Wildman–Crippen MR) is 98.6 cm³/mol. The summed E-state index contributed by atoms with van der Waals surface area (Å²) in [5, 5.41) is 3.87. The van der Waals surface area contributed by atoms with Crippen molar-refractivity contribution in [3.8, 4) is 0 Å². The van der Waals surface area contributed by atoms with E-state index in [0.717, 1.165) is 26.1 Å². The zero-order valence-electron chi connectivity index (χ0n) is 14.2. The van der Waals surface area contributed by atoms with Crippen LogP contribution in [0.4, 0.5) is 5.69 Å². The summed E-state index contributed by atoms with van der Waals surface area (Å²) < 4.78 is 0. The highest BCUT2D eigenvalue weighted by Gasteiger charge is 2.36. The molecule has 1 fully saturated rings. The maximum Gasteiger partial charge on any atom is 0.0398 e. The van der Waals surface area contributed by atoms with Crippen molar-refractivity contribution in [2.75, 3.05) is 25.0 Å². The van der Waals surface area contributed by atoms with Crippen molar-refractivity contribution in [2.24, 2.45) is 5.73 Å². The van der Waals surface area contributed by atoms with Crippen LogP contribution in [0.5, 0.6) is 0 Å². The van der Waals surface area contributed by atoms with Gasteiger partial charge < -0.3 is 11.1 Å². The number of rotatable bonds is 3. The van der Waals surface area contributed by atoms with Crippen molar-refractivity contribution in [1.29, 1.82) is 0 Å². The van der Waals surface area contributed by atoms with Crippen LogP contribution in [0.25, 0.3) is 0 Å². The van der Waals surface area contributed by atoms with E-state index in [2.05, 4.69) is 65.7 Å². The highest BCUT2D eigenvalue weighted by Crippen LogP contribution is 2.39. The minimum atomic E-state index is 0.167. The first-order valence-electron chi connectivity index (χ1n) is 8.85. The molecular formula is C20H29N3. The molecule has 1 saturated heterocycles. The SMILES string of the molecule is C/C=C/C=C/CN1CCC2(CCC(N)c3ccccc3N2)CC1. The van der Waals surface area contributed by atoms with Crippen molar-refractivity contribution in [3.05, 3.63) is 54.1 Å². The summed E-state index contributed by atoms with van der Waals surface area (Å²) in [4.78, 5) is 2.55.